The molecule has 3 heteroatoms. The highest BCUT2D eigenvalue weighted by atomic mass is 16.5. The van der Waals surface area contributed by atoms with Gasteiger partial charge in [0.1, 0.15) is 6.10 Å². The van der Waals surface area contributed by atoms with Gasteiger partial charge in [-0.25, -0.2) is 4.79 Å². The summed E-state index contributed by atoms with van der Waals surface area (Å²) in [6.45, 7) is 1.89. The molecule has 0 bridgehead atoms. The van der Waals surface area contributed by atoms with Gasteiger partial charge in [0, 0.05) is 5.69 Å². The lowest BCUT2D eigenvalue weighted by Crippen LogP contribution is -2.15. The van der Waals surface area contributed by atoms with Crippen LogP contribution in [-0.2, 0) is 4.74 Å². The van der Waals surface area contributed by atoms with Crippen molar-refractivity contribution in [3.05, 3.63) is 29.3 Å². The Morgan fingerprint density at radius 3 is 2.75 bits per heavy atom. The molecule has 1 aromatic carbocycles. The molecule has 1 aliphatic carbocycles. The fourth-order valence-corrected chi connectivity index (χ4v) is 2.08. The topological polar surface area (TPSA) is 52.3 Å². The molecule has 1 aromatic rings. The second kappa shape index (κ2) is 4.56. The van der Waals surface area contributed by atoms with Gasteiger partial charge in [-0.1, -0.05) is 6.07 Å². The zero-order valence-electron chi connectivity index (χ0n) is 9.53. The Morgan fingerprint density at radius 1 is 1.38 bits per heavy atom. The van der Waals surface area contributed by atoms with Crippen molar-refractivity contribution in [2.45, 2.75) is 38.7 Å². The summed E-state index contributed by atoms with van der Waals surface area (Å²) in [6.07, 6.45) is 4.41. The van der Waals surface area contributed by atoms with Gasteiger partial charge in [-0.15, -0.1) is 0 Å². The summed E-state index contributed by atoms with van der Waals surface area (Å²) in [4.78, 5) is 11.9. The molecule has 1 saturated carbocycles. The minimum absolute atomic E-state index is 0.105. The molecule has 0 amide bonds. The number of esters is 1. The number of hydrogen-bond acceptors (Lipinski definition) is 3. The summed E-state index contributed by atoms with van der Waals surface area (Å²) in [5.41, 5.74) is 7.77. The summed E-state index contributed by atoms with van der Waals surface area (Å²) in [7, 11) is 0. The summed E-state index contributed by atoms with van der Waals surface area (Å²) < 4.78 is 5.44. The van der Waals surface area contributed by atoms with Gasteiger partial charge in [0.2, 0.25) is 0 Å². The zero-order chi connectivity index (χ0) is 11.5. The first kappa shape index (κ1) is 11.0. The van der Waals surface area contributed by atoms with Gasteiger partial charge < -0.3 is 10.5 Å². The van der Waals surface area contributed by atoms with Crippen molar-refractivity contribution in [1.29, 1.82) is 0 Å². The average molecular weight is 219 g/mol. The Morgan fingerprint density at radius 2 is 2.06 bits per heavy atom. The number of anilines is 1. The van der Waals surface area contributed by atoms with Crippen molar-refractivity contribution in [1.82, 2.24) is 0 Å². The van der Waals surface area contributed by atoms with E-state index in [1.54, 1.807) is 12.1 Å². The maximum atomic E-state index is 11.9. The third kappa shape index (κ3) is 2.35. The normalized spacial score (nSPS) is 16.3. The highest BCUT2D eigenvalue weighted by Crippen LogP contribution is 2.23. The van der Waals surface area contributed by atoms with E-state index in [4.69, 9.17) is 10.5 Å². The Balaban J connectivity index is 2.10. The molecule has 0 aromatic heterocycles. The standard InChI is InChI=1S/C13H17NO2/c1-9-6-7-10(14)8-12(9)13(15)16-11-4-2-3-5-11/h6-8,11H,2-5,14H2,1H3. The van der Waals surface area contributed by atoms with Crippen molar-refractivity contribution in [3.8, 4) is 0 Å². The van der Waals surface area contributed by atoms with E-state index in [2.05, 4.69) is 0 Å². The van der Waals surface area contributed by atoms with Crippen molar-refractivity contribution in [2.75, 3.05) is 5.73 Å². The quantitative estimate of drug-likeness (QED) is 0.614. The first-order chi connectivity index (χ1) is 7.66. The molecule has 0 unspecified atom stereocenters. The van der Waals surface area contributed by atoms with E-state index in [0.717, 1.165) is 31.2 Å². The highest BCUT2D eigenvalue weighted by Gasteiger charge is 2.21. The molecule has 0 heterocycles. The molecule has 3 nitrogen and oxygen atoms in total. The third-order valence-electron chi connectivity index (χ3n) is 3.06. The van der Waals surface area contributed by atoms with E-state index < -0.39 is 0 Å². The number of rotatable bonds is 2. The molecule has 16 heavy (non-hydrogen) atoms. The Labute approximate surface area is 95.6 Å². The molecular formula is C13H17NO2. The van der Waals surface area contributed by atoms with E-state index in [1.165, 1.54) is 0 Å². The van der Waals surface area contributed by atoms with Crippen molar-refractivity contribution in [3.63, 3.8) is 0 Å². The van der Waals surface area contributed by atoms with Gasteiger partial charge in [0.25, 0.3) is 0 Å². The average Bonchev–Trinajstić information content (AvgIpc) is 2.74. The van der Waals surface area contributed by atoms with Crippen LogP contribution in [0.3, 0.4) is 0 Å². The molecule has 0 atom stereocenters. The number of nitrogen functional groups attached to an aromatic ring is 1. The fraction of sp³-hybridized carbons (Fsp3) is 0.462. The number of carbonyl (C=O) groups is 1. The minimum atomic E-state index is -0.239. The summed E-state index contributed by atoms with van der Waals surface area (Å²) in [5, 5.41) is 0. The van der Waals surface area contributed by atoms with Gasteiger partial charge in [-0.3, -0.25) is 0 Å². The van der Waals surface area contributed by atoms with Crippen LogP contribution in [0.5, 0.6) is 0 Å². The lowest BCUT2D eigenvalue weighted by molar-refractivity contribution is 0.0317. The van der Waals surface area contributed by atoms with E-state index in [9.17, 15) is 4.79 Å². The summed E-state index contributed by atoms with van der Waals surface area (Å²) in [6, 6.07) is 5.33. The Kier molecular flexibility index (Phi) is 3.13. The second-order valence-electron chi connectivity index (χ2n) is 4.39. The number of aryl methyl sites for hydroxylation is 1. The molecule has 0 radical (unpaired) electrons. The lowest BCUT2D eigenvalue weighted by atomic mass is 10.1. The molecule has 1 fully saturated rings. The fourth-order valence-electron chi connectivity index (χ4n) is 2.08. The van der Waals surface area contributed by atoms with Gasteiger partial charge in [0.15, 0.2) is 0 Å². The number of benzene rings is 1. The molecule has 0 aliphatic heterocycles. The van der Waals surface area contributed by atoms with Crippen molar-refractivity contribution < 1.29 is 9.53 Å². The SMILES string of the molecule is Cc1ccc(N)cc1C(=O)OC1CCCC1. The van der Waals surface area contributed by atoms with Crippen LogP contribution in [0.2, 0.25) is 0 Å². The number of hydrogen-bond donors (Lipinski definition) is 1. The van der Waals surface area contributed by atoms with Crippen LogP contribution in [0, 0.1) is 6.92 Å². The van der Waals surface area contributed by atoms with Crippen molar-refractivity contribution >= 4 is 11.7 Å². The maximum absolute atomic E-state index is 11.9. The maximum Gasteiger partial charge on any atom is 0.338 e. The van der Waals surface area contributed by atoms with E-state index in [-0.39, 0.29) is 12.1 Å². The number of ether oxygens (including phenoxy) is 1. The van der Waals surface area contributed by atoms with Crippen LogP contribution in [0.25, 0.3) is 0 Å². The molecular weight excluding hydrogens is 202 g/mol. The van der Waals surface area contributed by atoms with Crippen LogP contribution in [0.4, 0.5) is 5.69 Å². The van der Waals surface area contributed by atoms with Crippen LogP contribution < -0.4 is 5.73 Å². The van der Waals surface area contributed by atoms with E-state index in [0.29, 0.717) is 11.3 Å². The Hall–Kier alpha value is -1.51. The minimum Gasteiger partial charge on any atom is -0.459 e. The second-order valence-corrected chi connectivity index (χ2v) is 4.39. The van der Waals surface area contributed by atoms with Crippen LogP contribution in [0.1, 0.15) is 41.6 Å². The van der Waals surface area contributed by atoms with Crippen LogP contribution in [0.15, 0.2) is 18.2 Å². The predicted molar refractivity (Wildman–Crippen MR) is 63.3 cm³/mol. The first-order valence-corrected chi connectivity index (χ1v) is 5.74. The molecule has 2 rings (SSSR count). The summed E-state index contributed by atoms with van der Waals surface area (Å²) in [5.74, 6) is -0.239. The monoisotopic (exact) mass is 219 g/mol. The van der Waals surface area contributed by atoms with Crippen LogP contribution >= 0.6 is 0 Å². The van der Waals surface area contributed by atoms with Crippen LogP contribution in [-0.4, -0.2) is 12.1 Å². The van der Waals surface area contributed by atoms with Gasteiger partial charge in [-0.2, -0.15) is 0 Å². The molecule has 2 N–H and O–H groups in total. The summed E-state index contributed by atoms with van der Waals surface area (Å²) >= 11 is 0. The smallest absolute Gasteiger partial charge is 0.338 e. The molecule has 1 aliphatic rings. The first-order valence-electron chi connectivity index (χ1n) is 5.74. The Bertz CT molecular complexity index is 395. The molecule has 0 spiro atoms. The van der Waals surface area contributed by atoms with Crippen molar-refractivity contribution in [2.24, 2.45) is 0 Å². The van der Waals surface area contributed by atoms with Gasteiger partial charge in [-0.05, 0) is 50.3 Å². The molecule has 86 valence electrons. The zero-order valence-corrected chi connectivity index (χ0v) is 9.53. The van der Waals surface area contributed by atoms with Gasteiger partial charge >= 0.3 is 5.97 Å². The number of carbonyl (C=O) groups excluding carboxylic acids is 1. The third-order valence-corrected chi connectivity index (χ3v) is 3.06. The van der Waals surface area contributed by atoms with E-state index in [1.807, 2.05) is 13.0 Å². The lowest BCUT2D eigenvalue weighted by Gasteiger charge is -2.12. The number of nitrogens with two attached hydrogens (primary N) is 1. The van der Waals surface area contributed by atoms with E-state index >= 15 is 0 Å². The predicted octanol–water partition coefficient (Wildman–Crippen LogP) is 2.68. The van der Waals surface area contributed by atoms with Gasteiger partial charge in [0.05, 0.1) is 5.56 Å². The molecule has 0 saturated heterocycles. The highest BCUT2D eigenvalue weighted by molar-refractivity contribution is 5.92. The largest absolute Gasteiger partial charge is 0.459 e.